The largest absolute Gasteiger partial charge is 0.358 e. The molecule has 0 fully saturated rings. The highest BCUT2D eigenvalue weighted by atomic mass is 16.2. The first-order chi connectivity index (χ1) is 22.4. The molecule has 14 N–H and O–H groups in total. The number of unbranched alkanes of at least 4 members (excludes halogenated alkanes) is 16. The number of amides is 3. The zero-order chi connectivity index (χ0) is 34.1. The molecule has 0 aliphatic rings. The summed E-state index contributed by atoms with van der Waals surface area (Å²) < 4.78 is 0. The number of nitrogens with zero attached hydrogens (tertiary/aromatic N) is 1. The molecule has 2 atom stereocenters. The Balaban J connectivity index is 4.35. The summed E-state index contributed by atoms with van der Waals surface area (Å²) in [6.07, 6.45) is 27.1. The maximum absolute atomic E-state index is 13.2. The first-order valence-electron chi connectivity index (χ1n) is 19.4. The lowest BCUT2D eigenvalue weighted by molar-refractivity contribution is -0.406. The van der Waals surface area contributed by atoms with Crippen molar-refractivity contribution in [3.05, 3.63) is 0 Å². The van der Waals surface area contributed by atoms with Gasteiger partial charge in [0.1, 0.15) is 0 Å². The van der Waals surface area contributed by atoms with E-state index in [4.69, 9.17) is 0 Å². The number of carbonyl (C=O) groups excluding carboxylic acids is 3. The molecule has 0 rings (SSSR count). The van der Waals surface area contributed by atoms with Crippen molar-refractivity contribution in [1.82, 2.24) is 15.5 Å². The third-order valence-corrected chi connectivity index (χ3v) is 9.00. The van der Waals surface area contributed by atoms with Crippen molar-refractivity contribution in [2.45, 2.75) is 173 Å². The lowest BCUT2D eigenvalue weighted by Crippen LogP contribution is -2.67. The van der Waals surface area contributed by atoms with Gasteiger partial charge < -0.3 is 38.5 Å². The number of quaternary nitrogens is 4. The summed E-state index contributed by atoms with van der Waals surface area (Å²) in [5.74, 6) is 0.152. The lowest BCUT2D eigenvalue weighted by Gasteiger charge is -2.23. The van der Waals surface area contributed by atoms with E-state index in [1.54, 1.807) is 0 Å². The molecule has 0 aliphatic heterocycles. The van der Waals surface area contributed by atoms with Crippen molar-refractivity contribution in [3.63, 3.8) is 0 Å². The van der Waals surface area contributed by atoms with Gasteiger partial charge in [-0.1, -0.05) is 96.8 Å². The molecule has 10 heteroatoms. The van der Waals surface area contributed by atoms with Gasteiger partial charge >= 0.3 is 0 Å². The molecule has 0 aromatic carbocycles. The van der Waals surface area contributed by atoms with Gasteiger partial charge in [0.15, 0.2) is 12.1 Å². The molecule has 0 heterocycles. The van der Waals surface area contributed by atoms with Crippen LogP contribution in [0.1, 0.15) is 161 Å². The SMILES string of the molecule is CCCCCCCCCCCCCCCCCC(=O)N(CCCNC(=O)[C@@H]([NH3+])CCCC[NH3+])CCCNC(=O)[C@@H]([NH3+])CCCC[NH3+]. The van der Waals surface area contributed by atoms with Gasteiger partial charge in [-0.2, -0.15) is 0 Å². The van der Waals surface area contributed by atoms with Gasteiger partial charge in [0.25, 0.3) is 11.8 Å². The quantitative estimate of drug-likeness (QED) is 0.0580. The van der Waals surface area contributed by atoms with E-state index in [1.807, 2.05) is 4.90 Å². The van der Waals surface area contributed by atoms with Gasteiger partial charge in [0.05, 0.1) is 13.1 Å². The molecule has 0 aromatic rings. The van der Waals surface area contributed by atoms with Crippen LogP contribution >= 0.6 is 0 Å². The van der Waals surface area contributed by atoms with Crippen LogP contribution in [0.2, 0.25) is 0 Å². The topological polar surface area (TPSA) is 189 Å². The minimum atomic E-state index is -0.242. The van der Waals surface area contributed by atoms with Crippen LogP contribution < -0.4 is 33.6 Å². The van der Waals surface area contributed by atoms with Crippen LogP contribution in [0.3, 0.4) is 0 Å². The standard InChI is InChI=1S/C36H75N7O3/c1-2-3-4-5-6-7-8-9-10-11-12-13-14-15-16-25-34(44)43(30-21-28-41-35(45)32(39)23-17-19-26-37)31-22-29-42-36(46)33(40)24-18-20-27-38/h32-33H,2-31,37-40H2,1H3,(H,41,45)(H,42,46)/p+4/t32-,33-/m0/s1. The van der Waals surface area contributed by atoms with Crippen molar-refractivity contribution < 1.29 is 37.3 Å². The summed E-state index contributed by atoms with van der Waals surface area (Å²) in [6.45, 7) is 6.33. The first-order valence-corrected chi connectivity index (χ1v) is 19.4. The summed E-state index contributed by atoms with van der Waals surface area (Å²) >= 11 is 0. The molecule has 0 radical (unpaired) electrons. The molecule has 0 saturated carbocycles. The third-order valence-electron chi connectivity index (χ3n) is 9.00. The molecular weight excluding hydrogens is 578 g/mol. The fraction of sp³-hybridized carbons (Fsp3) is 0.917. The average Bonchev–Trinajstić information content (AvgIpc) is 3.05. The predicted molar refractivity (Wildman–Crippen MR) is 188 cm³/mol. The van der Waals surface area contributed by atoms with Crippen molar-refractivity contribution in [2.75, 3.05) is 39.3 Å². The minimum absolute atomic E-state index is 0.0135. The predicted octanol–water partition coefficient (Wildman–Crippen LogP) is 2.13. The smallest absolute Gasteiger partial charge is 0.278 e. The number of carbonyl (C=O) groups is 3. The second-order valence-corrected chi connectivity index (χ2v) is 13.5. The van der Waals surface area contributed by atoms with Gasteiger partial charge in [0, 0.05) is 45.4 Å². The Morgan fingerprint density at radius 1 is 0.522 bits per heavy atom. The van der Waals surface area contributed by atoms with Gasteiger partial charge in [0.2, 0.25) is 5.91 Å². The maximum Gasteiger partial charge on any atom is 0.278 e. The highest BCUT2D eigenvalue weighted by molar-refractivity contribution is 5.80. The first kappa shape index (κ1) is 44.2. The highest BCUT2D eigenvalue weighted by Crippen LogP contribution is 2.14. The zero-order valence-electron chi connectivity index (χ0n) is 30.4. The highest BCUT2D eigenvalue weighted by Gasteiger charge is 2.18. The Labute approximate surface area is 282 Å². The van der Waals surface area contributed by atoms with Crippen molar-refractivity contribution >= 4 is 17.7 Å². The summed E-state index contributed by atoms with van der Waals surface area (Å²) in [4.78, 5) is 39.8. The number of hydrogen-bond acceptors (Lipinski definition) is 3. The van der Waals surface area contributed by atoms with Gasteiger partial charge in [-0.15, -0.1) is 0 Å². The fourth-order valence-corrected chi connectivity index (χ4v) is 5.82. The Hall–Kier alpha value is -1.75. The fourth-order valence-electron chi connectivity index (χ4n) is 5.82. The Morgan fingerprint density at radius 2 is 0.891 bits per heavy atom. The van der Waals surface area contributed by atoms with Crippen molar-refractivity contribution in [1.29, 1.82) is 0 Å². The van der Waals surface area contributed by atoms with Gasteiger partial charge in [-0.25, -0.2) is 0 Å². The minimum Gasteiger partial charge on any atom is -0.358 e. The van der Waals surface area contributed by atoms with Crippen LogP contribution in [-0.4, -0.2) is 74.0 Å². The van der Waals surface area contributed by atoms with Crippen molar-refractivity contribution in [3.8, 4) is 0 Å². The van der Waals surface area contributed by atoms with Crippen LogP contribution in [-0.2, 0) is 14.4 Å². The van der Waals surface area contributed by atoms with Crippen LogP contribution in [0.4, 0.5) is 0 Å². The summed E-state index contributed by atoms with van der Waals surface area (Å²) in [7, 11) is 0. The molecule has 0 aromatic heterocycles. The Kier molecular flexibility index (Phi) is 31.9. The van der Waals surface area contributed by atoms with E-state index in [2.05, 4.69) is 40.5 Å². The molecule has 0 unspecified atom stereocenters. The van der Waals surface area contributed by atoms with Crippen molar-refractivity contribution in [2.24, 2.45) is 0 Å². The Morgan fingerprint density at radius 3 is 1.26 bits per heavy atom. The van der Waals surface area contributed by atoms with E-state index in [9.17, 15) is 14.4 Å². The van der Waals surface area contributed by atoms with Crippen LogP contribution in [0, 0.1) is 0 Å². The Bertz CT molecular complexity index is 690. The summed E-state index contributed by atoms with van der Waals surface area (Å²) in [5, 5.41) is 5.99. The summed E-state index contributed by atoms with van der Waals surface area (Å²) in [6, 6.07) is -0.484. The van der Waals surface area contributed by atoms with Crippen LogP contribution in [0.15, 0.2) is 0 Å². The van der Waals surface area contributed by atoms with E-state index >= 15 is 0 Å². The van der Waals surface area contributed by atoms with Crippen LogP contribution in [0.5, 0.6) is 0 Å². The third kappa shape index (κ3) is 27.4. The van der Waals surface area contributed by atoms with E-state index in [0.29, 0.717) is 45.4 Å². The summed E-state index contributed by atoms with van der Waals surface area (Å²) in [5.41, 5.74) is 15.7. The lowest BCUT2D eigenvalue weighted by atomic mass is 10.0. The van der Waals surface area contributed by atoms with E-state index in [-0.39, 0.29) is 29.8 Å². The van der Waals surface area contributed by atoms with Gasteiger partial charge in [-0.3, -0.25) is 14.4 Å². The second kappa shape index (κ2) is 33.2. The van der Waals surface area contributed by atoms with E-state index in [1.165, 1.54) is 83.5 Å². The molecule has 3 amide bonds. The number of rotatable bonds is 34. The normalized spacial score (nSPS) is 12.5. The molecule has 0 saturated heterocycles. The van der Waals surface area contributed by atoms with E-state index in [0.717, 1.165) is 64.5 Å². The molecule has 10 nitrogen and oxygen atoms in total. The molecular formula is C36H79N7O3+4. The molecule has 0 bridgehead atoms. The molecule has 272 valence electrons. The molecule has 0 spiro atoms. The van der Waals surface area contributed by atoms with Gasteiger partial charge in [-0.05, 0) is 44.9 Å². The zero-order valence-corrected chi connectivity index (χ0v) is 30.4. The molecule has 0 aliphatic carbocycles. The van der Waals surface area contributed by atoms with E-state index < -0.39 is 0 Å². The molecule has 46 heavy (non-hydrogen) atoms. The second-order valence-electron chi connectivity index (χ2n) is 13.5. The average molecular weight is 658 g/mol. The number of hydrogen-bond donors (Lipinski definition) is 6. The monoisotopic (exact) mass is 658 g/mol. The maximum atomic E-state index is 13.2. The van der Waals surface area contributed by atoms with Crippen LogP contribution in [0.25, 0.3) is 0 Å². The number of nitrogens with one attached hydrogen (secondary N) is 2.